The third-order valence-electron chi connectivity index (χ3n) is 3.90. The molecular weight excluding hydrogens is 338 g/mol. The lowest BCUT2D eigenvalue weighted by Gasteiger charge is -2.12. The number of hydrogen-bond acceptors (Lipinski definition) is 6. The summed E-state index contributed by atoms with van der Waals surface area (Å²) in [4.78, 5) is 32.8. The first-order valence-electron chi connectivity index (χ1n) is 8.14. The lowest BCUT2D eigenvalue weighted by Crippen LogP contribution is -2.31. The Morgan fingerprint density at radius 1 is 1.24 bits per heavy atom. The highest BCUT2D eigenvalue weighted by Crippen LogP contribution is 2.27. The van der Waals surface area contributed by atoms with Gasteiger partial charge in [-0.15, -0.1) is 11.8 Å². The lowest BCUT2D eigenvalue weighted by molar-refractivity contribution is -0.150. The molecule has 2 aromatic rings. The highest BCUT2D eigenvalue weighted by atomic mass is 32.2. The number of esters is 1. The van der Waals surface area contributed by atoms with Crippen molar-refractivity contribution in [2.45, 2.75) is 37.2 Å². The largest absolute Gasteiger partial charge is 0.452 e. The van der Waals surface area contributed by atoms with Crippen molar-refractivity contribution in [3.63, 3.8) is 0 Å². The van der Waals surface area contributed by atoms with Crippen LogP contribution in [-0.2, 0) is 27.2 Å². The number of nitrogens with one attached hydrogen (secondary N) is 1. The Balaban J connectivity index is 1.46. The fourth-order valence-electron chi connectivity index (χ4n) is 2.64. The number of benzene rings is 1. The minimum absolute atomic E-state index is 0.165. The van der Waals surface area contributed by atoms with Gasteiger partial charge in [-0.05, 0) is 55.5 Å². The number of rotatable bonds is 6. The van der Waals surface area contributed by atoms with Crippen molar-refractivity contribution in [3.05, 3.63) is 47.8 Å². The molecule has 0 bridgehead atoms. The fourth-order valence-corrected chi connectivity index (χ4v) is 3.38. The van der Waals surface area contributed by atoms with Gasteiger partial charge < -0.3 is 4.74 Å². The van der Waals surface area contributed by atoms with Crippen LogP contribution in [0.25, 0.3) is 0 Å². The van der Waals surface area contributed by atoms with E-state index in [9.17, 15) is 9.59 Å². The fraction of sp³-hybridized carbons (Fsp3) is 0.333. The van der Waals surface area contributed by atoms with Crippen LogP contribution in [0.3, 0.4) is 0 Å². The second-order valence-electron chi connectivity index (χ2n) is 5.77. The van der Waals surface area contributed by atoms with Gasteiger partial charge in [0.15, 0.2) is 6.10 Å². The Kier molecular flexibility index (Phi) is 5.65. The van der Waals surface area contributed by atoms with E-state index in [0.717, 1.165) is 17.7 Å². The van der Waals surface area contributed by atoms with E-state index < -0.39 is 18.0 Å². The van der Waals surface area contributed by atoms with Crippen molar-refractivity contribution in [1.82, 2.24) is 9.97 Å². The molecule has 0 unspecified atom stereocenters. The quantitative estimate of drug-likeness (QED) is 0.632. The standard InChI is InChI=1S/C18H19N3O3S/c1-12(17(23)21-18-19-8-3-9-20-18)24-16(22)11-25-15-7-6-13-4-2-5-14(13)10-15/h3,6-10,12H,2,4-5,11H2,1H3,(H,19,20,21,23)/t12-/m1/s1. The van der Waals surface area contributed by atoms with Crippen molar-refractivity contribution in [1.29, 1.82) is 0 Å². The second-order valence-corrected chi connectivity index (χ2v) is 6.82. The summed E-state index contributed by atoms with van der Waals surface area (Å²) >= 11 is 1.42. The van der Waals surface area contributed by atoms with Crippen molar-refractivity contribution in [3.8, 4) is 0 Å². The van der Waals surface area contributed by atoms with Gasteiger partial charge in [0.1, 0.15) is 0 Å². The van der Waals surface area contributed by atoms with Crippen LogP contribution in [0, 0.1) is 0 Å². The van der Waals surface area contributed by atoms with Crippen LogP contribution in [0.15, 0.2) is 41.6 Å². The van der Waals surface area contributed by atoms with Crippen molar-refractivity contribution in [2.75, 3.05) is 11.1 Å². The minimum atomic E-state index is -0.906. The number of aryl methyl sites for hydroxylation is 2. The van der Waals surface area contributed by atoms with E-state index in [1.807, 2.05) is 6.07 Å². The van der Waals surface area contributed by atoms with Crippen LogP contribution in [-0.4, -0.2) is 33.7 Å². The van der Waals surface area contributed by atoms with E-state index in [1.54, 1.807) is 6.07 Å². The molecule has 1 aliphatic carbocycles. The molecule has 1 N–H and O–H groups in total. The maximum absolute atomic E-state index is 12.0. The third kappa shape index (κ3) is 4.79. The predicted molar refractivity (Wildman–Crippen MR) is 95.4 cm³/mol. The van der Waals surface area contributed by atoms with Crippen LogP contribution in [0.2, 0.25) is 0 Å². The zero-order chi connectivity index (χ0) is 17.6. The van der Waals surface area contributed by atoms with Gasteiger partial charge in [0.05, 0.1) is 5.75 Å². The smallest absolute Gasteiger partial charge is 0.317 e. The number of carbonyl (C=O) groups excluding carboxylic acids is 2. The summed E-state index contributed by atoms with van der Waals surface area (Å²) in [7, 11) is 0. The highest BCUT2D eigenvalue weighted by Gasteiger charge is 2.19. The molecule has 130 valence electrons. The number of aromatic nitrogens is 2. The van der Waals surface area contributed by atoms with E-state index in [4.69, 9.17) is 4.74 Å². The normalized spacial score (nSPS) is 13.8. The number of amides is 1. The summed E-state index contributed by atoms with van der Waals surface area (Å²) in [6.07, 6.45) is 5.58. The van der Waals surface area contributed by atoms with E-state index in [1.165, 1.54) is 48.6 Å². The first kappa shape index (κ1) is 17.4. The summed E-state index contributed by atoms with van der Waals surface area (Å²) in [5.74, 6) is -0.537. The maximum Gasteiger partial charge on any atom is 0.317 e. The molecular formula is C18H19N3O3S. The van der Waals surface area contributed by atoms with Gasteiger partial charge in [0.2, 0.25) is 5.95 Å². The number of hydrogen-bond donors (Lipinski definition) is 1. The predicted octanol–water partition coefficient (Wildman–Crippen LogP) is 2.63. The molecule has 3 rings (SSSR count). The molecule has 7 heteroatoms. The topological polar surface area (TPSA) is 81.2 Å². The Hall–Kier alpha value is -2.41. The zero-order valence-corrected chi connectivity index (χ0v) is 14.7. The lowest BCUT2D eigenvalue weighted by atomic mass is 10.1. The number of thioether (sulfide) groups is 1. The van der Waals surface area contributed by atoms with Gasteiger partial charge in [-0.1, -0.05) is 6.07 Å². The second kappa shape index (κ2) is 8.11. The van der Waals surface area contributed by atoms with E-state index in [-0.39, 0.29) is 11.7 Å². The first-order valence-corrected chi connectivity index (χ1v) is 9.12. The molecule has 25 heavy (non-hydrogen) atoms. The summed E-state index contributed by atoms with van der Waals surface area (Å²) in [5, 5.41) is 2.50. The summed E-state index contributed by atoms with van der Waals surface area (Å²) < 4.78 is 5.17. The Morgan fingerprint density at radius 2 is 2.00 bits per heavy atom. The summed E-state index contributed by atoms with van der Waals surface area (Å²) in [6.45, 7) is 1.52. The molecule has 0 saturated heterocycles. The van der Waals surface area contributed by atoms with Gasteiger partial charge in [-0.2, -0.15) is 0 Å². The maximum atomic E-state index is 12.0. The number of nitrogens with zero attached hydrogens (tertiary/aromatic N) is 2. The van der Waals surface area contributed by atoms with E-state index in [2.05, 4.69) is 27.4 Å². The number of ether oxygens (including phenoxy) is 1. The molecule has 0 aliphatic heterocycles. The van der Waals surface area contributed by atoms with Crippen LogP contribution in [0.1, 0.15) is 24.5 Å². The molecule has 0 saturated carbocycles. The van der Waals surface area contributed by atoms with Gasteiger partial charge in [0, 0.05) is 17.3 Å². The van der Waals surface area contributed by atoms with E-state index in [0.29, 0.717) is 0 Å². The van der Waals surface area contributed by atoms with Crippen molar-refractivity contribution < 1.29 is 14.3 Å². The molecule has 6 nitrogen and oxygen atoms in total. The first-order chi connectivity index (χ1) is 12.1. The van der Waals surface area contributed by atoms with Crippen LogP contribution in [0.4, 0.5) is 5.95 Å². The average molecular weight is 357 g/mol. The number of fused-ring (bicyclic) bond motifs is 1. The van der Waals surface area contributed by atoms with Crippen molar-refractivity contribution in [2.24, 2.45) is 0 Å². The molecule has 1 atom stereocenters. The van der Waals surface area contributed by atoms with Gasteiger partial charge in [0.25, 0.3) is 5.91 Å². The van der Waals surface area contributed by atoms with Gasteiger partial charge >= 0.3 is 5.97 Å². The minimum Gasteiger partial charge on any atom is -0.452 e. The molecule has 1 aliphatic rings. The molecule has 1 aromatic heterocycles. The average Bonchev–Trinajstić information content (AvgIpc) is 3.08. The van der Waals surface area contributed by atoms with Gasteiger partial charge in [-0.25, -0.2) is 9.97 Å². The Morgan fingerprint density at radius 3 is 2.80 bits per heavy atom. The Labute approximate surface area is 150 Å². The van der Waals surface area contributed by atoms with Gasteiger partial charge in [-0.3, -0.25) is 14.9 Å². The summed E-state index contributed by atoms with van der Waals surface area (Å²) in [5.41, 5.74) is 2.77. The molecule has 1 heterocycles. The SMILES string of the molecule is C[C@@H](OC(=O)CSc1ccc2c(c1)CCC2)C(=O)Nc1ncccn1. The molecule has 0 spiro atoms. The Bertz CT molecular complexity index is 767. The number of anilines is 1. The summed E-state index contributed by atoms with van der Waals surface area (Å²) in [6, 6.07) is 7.95. The molecule has 0 fully saturated rings. The van der Waals surface area contributed by atoms with Crippen LogP contribution < -0.4 is 5.32 Å². The highest BCUT2D eigenvalue weighted by molar-refractivity contribution is 8.00. The zero-order valence-electron chi connectivity index (χ0n) is 13.9. The number of carbonyl (C=O) groups is 2. The van der Waals surface area contributed by atoms with E-state index >= 15 is 0 Å². The van der Waals surface area contributed by atoms with Crippen molar-refractivity contribution >= 4 is 29.6 Å². The third-order valence-corrected chi connectivity index (χ3v) is 4.87. The molecule has 0 radical (unpaired) electrons. The van der Waals surface area contributed by atoms with Crippen LogP contribution >= 0.6 is 11.8 Å². The molecule has 1 aromatic carbocycles. The van der Waals surface area contributed by atoms with Crippen LogP contribution in [0.5, 0.6) is 0 Å². The monoisotopic (exact) mass is 357 g/mol. The molecule has 1 amide bonds.